The van der Waals surface area contributed by atoms with Gasteiger partial charge in [0.2, 0.25) is 0 Å². The molecule has 4 aliphatic rings. The average Bonchev–Trinajstić information content (AvgIpc) is 3.70. The van der Waals surface area contributed by atoms with E-state index in [9.17, 15) is 4.79 Å². The number of unbranched alkanes of at least 4 members (excludes halogenated alkanes) is 7. The summed E-state index contributed by atoms with van der Waals surface area (Å²) in [6, 6.07) is 7.00. The summed E-state index contributed by atoms with van der Waals surface area (Å²) in [4.78, 5) is 15.5. The van der Waals surface area contributed by atoms with Crippen molar-refractivity contribution in [1.82, 2.24) is 4.90 Å². The van der Waals surface area contributed by atoms with Crippen LogP contribution in [0.4, 0.5) is 10.5 Å². The number of fused-ring (bicyclic) bond motifs is 1. The molecule has 1 aliphatic carbocycles. The maximum atomic E-state index is 13.1. The number of rotatable bonds is 15. The third-order valence-corrected chi connectivity index (χ3v) is 9.42. The van der Waals surface area contributed by atoms with Crippen molar-refractivity contribution in [2.45, 2.75) is 140 Å². The van der Waals surface area contributed by atoms with Crippen molar-refractivity contribution in [2.24, 2.45) is 0 Å². The van der Waals surface area contributed by atoms with Gasteiger partial charge in [-0.05, 0) is 69.5 Å². The first kappa shape index (κ1) is 32.0. The van der Waals surface area contributed by atoms with Crippen molar-refractivity contribution in [3.63, 3.8) is 0 Å². The van der Waals surface area contributed by atoms with Crippen LogP contribution in [0.2, 0.25) is 5.02 Å². The fourth-order valence-electron chi connectivity index (χ4n) is 6.87. The second-order valence-electron chi connectivity index (χ2n) is 12.5. The van der Waals surface area contributed by atoms with Crippen LogP contribution < -0.4 is 5.32 Å². The number of carbonyl (C=O) groups is 1. The number of benzene rings is 1. The Bertz CT molecular complexity index is 952. The van der Waals surface area contributed by atoms with E-state index in [4.69, 9.17) is 35.3 Å². The molecule has 4 fully saturated rings. The second kappa shape index (κ2) is 16.1. The molecule has 0 bridgehead atoms. The molecule has 42 heavy (non-hydrogen) atoms. The Morgan fingerprint density at radius 1 is 0.976 bits per heavy atom. The number of anilines is 1. The largest absolute Gasteiger partial charge is 0.442 e. The summed E-state index contributed by atoms with van der Waals surface area (Å²) >= 11 is 6.02. The number of hydrogen-bond donors (Lipinski definition) is 1. The summed E-state index contributed by atoms with van der Waals surface area (Å²) in [6.45, 7) is 5.44. The molecular weight excluding hydrogens is 556 g/mol. The number of likely N-dealkylation sites (tertiary alicyclic amines) is 1. The van der Waals surface area contributed by atoms with Crippen molar-refractivity contribution in [2.75, 3.05) is 31.6 Å². The van der Waals surface area contributed by atoms with E-state index < -0.39 is 30.4 Å². The minimum absolute atomic E-state index is 0.328. The van der Waals surface area contributed by atoms with Crippen LogP contribution in [0.1, 0.15) is 103 Å². The maximum absolute atomic E-state index is 13.1. The van der Waals surface area contributed by atoms with Gasteiger partial charge in [0.05, 0.1) is 0 Å². The predicted molar refractivity (Wildman–Crippen MR) is 164 cm³/mol. The minimum atomic E-state index is -0.573. The van der Waals surface area contributed by atoms with Gasteiger partial charge in [0.25, 0.3) is 0 Å². The maximum Gasteiger partial charge on any atom is 0.412 e. The fourth-order valence-corrected chi connectivity index (χ4v) is 7.00. The first-order valence-corrected chi connectivity index (χ1v) is 17.0. The molecule has 1 aromatic rings. The predicted octanol–water partition coefficient (Wildman–Crippen LogP) is 7.68. The topological polar surface area (TPSA) is 78.5 Å². The summed E-state index contributed by atoms with van der Waals surface area (Å²) in [5.74, 6) is -0.573. The molecule has 3 saturated heterocycles. The zero-order valence-corrected chi connectivity index (χ0v) is 26.2. The van der Waals surface area contributed by atoms with Crippen molar-refractivity contribution in [3.8, 4) is 0 Å². The van der Waals surface area contributed by atoms with Crippen LogP contribution in [0, 0.1) is 0 Å². The summed E-state index contributed by atoms with van der Waals surface area (Å²) in [5, 5.41) is 3.46. The number of hydrogen-bond acceptors (Lipinski definition) is 7. The summed E-state index contributed by atoms with van der Waals surface area (Å²) in [5.41, 5.74) is 0.627. The van der Waals surface area contributed by atoms with Crippen LogP contribution >= 0.6 is 11.6 Å². The van der Waals surface area contributed by atoms with Gasteiger partial charge in [-0.1, -0.05) is 69.9 Å². The van der Waals surface area contributed by atoms with E-state index in [1.165, 1.54) is 44.9 Å². The highest BCUT2D eigenvalue weighted by molar-refractivity contribution is 6.30. The monoisotopic (exact) mass is 606 g/mol. The van der Waals surface area contributed by atoms with E-state index in [2.05, 4.69) is 17.1 Å². The number of amides is 1. The fraction of sp³-hybridized carbons (Fsp3) is 0.788. The molecule has 0 aromatic heterocycles. The number of halogens is 1. The van der Waals surface area contributed by atoms with Crippen molar-refractivity contribution >= 4 is 23.4 Å². The van der Waals surface area contributed by atoms with E-state index in [0.29, 0.717) is 23.9 Å². The van der Waals surface area contributed by atoms with Gasteiger partial charge in [-0.25, -0.2) is 4.79 Å². The van der Waals surface area contributed by atoms with E-state index in [0.717, 1.165) is 64.5 Å². The highest BCUT2D eigenvalue weighted by Crippen LogP contribution is 2.46. The van der Waals surface area contributed by atoms with Crippen molar-refractivity contribution in [1.29, 1.82) is 0 Å². The third kappa shape index (κ3) is 8.82. The zero-order valence-electron chi connectivity index (χ0n) is 25.4. The molecule has 5 atom stereocenters. The van der Waals surface area contributed by atoms with Crippen LogP contribution in [0.15, 0.2) is 24.3 Å². The Morgan fingerprint density at radius 3 is 2.38 bits per heavy atom. The smallest absolute Gasteiger partial charge is 0.412 e. The first-order valence-electron chi connectivity index (χ1n) is 16.6. The number of carbonyl (C=O) groups excluding carboxylic acids is 1. The van der Waals surface area contributed by atoms with Crippen LogP contribution in [-0.2, 0) is 23.7 Å². The minimum Gasteiger partial charge on any atom is -0.442 e. The average molecular weight is 607 g/mol. The second-order valence-corrected chi connectivity index (χ2v) is 13.0. The van der Waals surface area contributed by atoms with Gasteiger partial charge < -0.3 is 23.7 Å². The molecule has 3 heterocycles. The quantitative estimate of drug-likeness (QED) is 0.205. The van der Waals surface area contributed by atoms with Crippen molar-refractivity contribution < 1.29 is 28.5 Å². The van der Waals surface area contributed by atoms with Gasteiger partial charge in [0, 0.05) is 36.7 Å². The Kier molecular flexibility index (Phi) is 12.2. The van der Waals surface area contributed by atoms with Gasteiger partial charge in [0.15, 0.2) is 12.1 Å². The molecule has 236 valence electrons. The number of ether oxygens (including phenoxy) is 5. The lowest BCUT2D eigenvalue weighted by Crippen LogP contribution is -2.49. The van der Waals surface area contributed by atoms with E-state index in [1.54, 1.807) is 24.3 Å². The lowest BCUT2D eigenvalue weighted by molar-refractivity contribution is -0.256. The molecule has 3 aliphatic heterocycles. The Hall–Kier alpha value is -1.42. The molecule has 1 spiro atoms. The normalized spacial score (nSPS) is 27.8. The van der Waals surface area contributed by atoms with Crippen LogP contribution in [-0.4, -0.2) is 73.7 Å². The zero-order chi connectivity index (χ0) is 29.2. The third-order valence-electron chi connectivity index (χ3n) is 9.16. The SMILES string of the molecule is CCCCCCCCCCO[C@@H]1[C@H]2OC3(CCCCC3)O[C@H]2O[C@@H]1[C@@H](CN1CCCC1)OC(=O)Nc1ccc(Cl)cc1. The molecule has 1 N–H and O–H groups in total. The standard InChI is InChI=1S/C33H51ClN2O6/c1-2-3-4-5-6-7-8-14-23-38-29-28(40-31-30(29)41-33(42-31)19-10-9-11-20-33)27(24-36-21-12-13-22-36)39-32(37)35-26-17-15-25(34)16-18-26/h15-18,27-31H,2-14,19-24H2,1H3,(H,35,37)/t27-,28-,29+,30-,31-/m1/s1. The molecule has 0 radical (unpaired) electrons. The van der Waals surface area contributed by atoms with Gasteiger partial charge in [0.1, 0.15) is 24.4 Å². The lowest BCUT2D eigenvalue weighted by Gasteiger charge is -2.36. The van der Waals surface area contributed by atoms with Gasteiger partial charge >= 0.3 is 6.09 Å². The van der Waals surface area contributed by atoms with Crippen LogP contribution in [0.5, 0.6) is 0 Å². The molecule has 1 saturated carbocycles. The van der Waals surface area contributed by atoms with Crippen molar-refractivity contribution in [3.05, 3.63) is 29.3 Å². The van der Waals surface area contributed by atoms with Crippen LogP contribution in [0.3, 0.4) is 0 Å². The van der Waals surface area contributed by atoms with E-state index in [1.807, 2.05) is 0 Å². The van der Waals surface area contributed by atoms with E-state index in [-0.39, 0.29) is 12.2 Å². The molecule has 9 heteroatoms. The summed E-state index contributed by atoms with van der Waals surface area (Å²) in [7, 11) is 0. The molecule has 5 rings (SSSR count). The molecule has 1 aromatic carbocycles. The summed E-state index contributed by atoms with van der Waals surface area (Å²) in [6.07, 6.45) is 14.7. The Balaban J connectivity index is 1.23. The molecule has 8 nitrogen and oxygen atoms in total. The van der Waals surface area contributed by atoms with Gasteiger partial charge in [-0.2, -0.15) is 0 Å². The number of nitrogens with one attached hydrogen (secondary N) is 1. The van der Waals surface area contributed by atoms with Gasteiger partial charge in [-0.3, -0.25) is 10.2 Å². The first-order chi connectivity index (χ1) is 20.5. The number of nitrogens with zero attached hydrogens (tertiary/aromatic N) is 1. The lowest BCUT2D eigenvalue weighted by atomic mass is 9.94. The molecule has 1 amide bonds. The highest BCUT2D eigenvalue weighted by Gasteiger charge is 2.60. The Morgan fingerprint density at radius 2 is 1.67 bits per heavy atom. The Labute approximate surface area is 257 Å². The van der Waals surface area contributed by atoms with E-state index >= 15 is 0 Å². The van der Waals surface area contributed by atoms with Gasteiger partial charge in [-0.15, -0.1) is 0 Å². The van der Waals surface area contributed by atoms with Crippen LogP contribution in [0.25, 0.3) is 0 Å². The molecular formula is C33H51ClN2O6. The highest BCUT2D eigenvalue weighted by atomic mass is 35.5. The molecule has 0 unspecified atom stereocenters. The summed E-state index contributed by atoms with van der Waals surface area (Å²) < 4.78 is 32.4.